The number of carbonyl (C=O) groups is 1. The Morgan fingerprint density at radius 2 is 1.57 bits per heavy atom. The van der Waals surface area contributed by atoms with E-state index in [2.05, 4.69) is 40.7 Å². The highest BCUT2D eigenvalue weighted by molar-refractivity contribution is 5.94. The molecule has 1 aromatic rings. The lowest BCUT2D eigenvalue weighted by Gasteiger charge is -2.38. The van der Waals surface area contributed by atoms with Gasteiger partial charge in [0.05, 0.1) is 13.2 Å². The molecule has 4 rings (SSSR count). The Bertz CT molecular complexity index is 671. The molecule has 0 spiro atoms. The van der Waals surface area contributed by atoms with Gasteiger partial charge in [-0.1, -0.05) is 0 Å². The summed E-state index contributed by atoms with van der Waals surface area (Å²) in [6.07, 6.45) is 2.22. The van der Waals surface area contributed by atoms with Crippen LogP contribution in [0, 0.1) is 5.92 Å². The van der Waals surface area contributed by atoms with Crippen LogP contribution in [0.5, 0.6) is 0 Å². The lowest BCUT2D eigenvalue weighted by atomic mass is 9.95. The van der Waals surface area contributed by atoms with E-state index in [4.69, 9.17) is 4.74 Å². The van der Waals surface area contributed by atoms with Crippen LogP contribution in [0.4, 0.5) is 5.69 Å². The first kappa shape index (κ1) is 21.6. The molecule has 30 heavy (non-hydrogen) atoms. The van der Waals surface area contributed by atoms with Gasteiger partial charge in [-0.25, -0.2) is 0 Å². The lowest BCUT2D eigenvalue weighted by molar-refractivity contribution is 0.0243. The van der Waals surface area contributed by atoms with Gasteiger partial charge in [-0.2, -0.15) is 0 Å². The van der Waals surface area contributed by atoms with E-state index in [1.54, 1.807) is 0 Å². The molecule has 1 amide bonds. The van der Waals surface area contributed by atoms with Gasteiger partial charge >= 0.3 is 0 Å². The summed E-state index contributed by atoms with van der Waals surface area (Å²) < 4.78 is 5.45. The minimum Gasteiger partial charge on any atom is -0.379 e. The molecular formula is C24H38N4O2. The van der Waals surface area contributed by atoms with Crippen LogP contribution in [-0.2, 0) is 4.74 Å². The standard InChI is InChI=1S/C24H38N4O2/c1-20(2)26-11-13-27(14-12-26)23-5-3-22(4-6-23)24(29)28-9-7-21(8-10-28)19-25-15-17-30-18-16-25/h3-6,20-21H,7-19H2,1-2H3. The normalized spacial score (nSPS) is 22.6. The maximum Gasteiger partial charge on any atom is 0.253 e. The number of carbonyl (C=O) groups excluding carboxylic acids is 1. The first-order valence-electron chi connectivity index (χ1n) is 11.8. The topological polar surface area (TPSA) is 39.3 Å². The van der Waals surface area contributed by atoms with Crippen LogP contribution in [0.1, 0.15) is 37.0 Å². The first-order valence-corrected chi connectivity index (χ1v) is 11.8. The highest BCUT2D eigenvalue weighted by Crippen LogP contribution is 2.23. The number of likely N-dealkylation sites (tertiary alicyclic amines) is 1. The van der Waals surface area contributed by atoms with Crippen molar-refractivity contribution in [3.63, 3.8) is 0 Å². The first-order chi connectivity index (χ1) is 14.6. The van der Waals surface area contributed by atoms with Crippen LogP contribution in [0.25, 0.3) is 0 Å². The smallest absolute Gasteiger partial charge is 0.253 e. The SMILES string of the molecule is CC(C)N1CCN(c2ccc(C(=O)N3CCC(CN4CCOCC4)CC3)cc2)CC1. The third-order valence-electron chi connectivity index (χ3n) is 7.05. The molecule has 6 heteroatoms. The number of nitrogens with zero attached hydrogens (tertiary/aromatic N) is 4. The summed E-state index contributed by atoms with van der Waals surface area (Å²) in [5.74, 6) is 0.898. The van der Waals surface area contributed by atoms with Crippen molar-refractivity contribution in [1.29, 1.82) is 0 Å². The summed E-state index contributed by atoms with van der Waals surface area (Å²) >= 11 is 0. The number of benzene rings is 1. The summed E-state index contributed by atoms with van der Waals surface area (Å²) in [7, 11) is 0. The summed E-state index contributed by atoms with van der Waals surface area (Å²) in [6.45, 7) is 15.6. The van der Waals surface area contributed by atoms with E-state index >= 15 is 0 Å². The van der Waals surface area contributed by atoms with E-state index in [1.807, 2.05) is 17.0 Å². The van der Waals surface area contributed by atoms with Gasteiger partial charge in [-0.3, -0.25) is 14.6 Å². The van der Waals surface area contributed by atoms with Crippen molar-refractivity contribution < 1.29 is 9.53 Å². The quantitative estimate of drug-likeness (QED) is 0.740. The molecule has 0 atom stereocenters. The van der Waals surface area contributed by atoms with E-state index in [-0.39, 0.29) is 5.91 Å². The number of amides is 1. The lowest BCUT2D eigenvalue weighted by Crippen LogP contribution is -2.48. The molecule has 6 nitrogen and oxygen atoms in total. The highest BCUT2D eigenvalue weighted by atomic mass is 16.5. The number of ether oxygens (including phenoxy) is 1. The number of anilines is 1. The molecule has 3 heterocycles. The van der Waals surface area contributed by atoms with Gasteiger partial charge in [0.15, 0.2) is 0 Å². The van der Waals surface area contributed by atoms with Crippen molar-refractivity contribution in [2.45, 2.75) is 32.7 Å². The van der Waals surface area contributed by atoms with E-state index in [0.717, 1.165) is 90.5 Å². The number of piperidine rings is 1. The van der Waals surface area contributed by atoms with Crippen molar-refractivity contribution in [1.82, 2.24) is 14.7 Å². The van der Waals surface area contributed by atoms with Crippen molar-refractivity contribution in [2.75, 3.05) is 77.0 Å². The number of morpholine rings is 1. The molecule has 3 fully saturated rings. The Labute approximate surface area is 181 Å². The Kier molecular flexibility index (Phi) is 7.28. The summed E-state index contributed by atoms with van der Waals surface area (Å²) in [5.41, 5.74) is 2.06. The van der Waals surface area contributed by atoms with E-state index in [0.29, 0.717) is 12.0 Å². The van der Waals surface area contributed by atoms with Crippen LogP contribution in [-0.4, -0.2) is 98.8 Å². The second-order valence-electron chi connectivity index (χ2n) is 9.31. The van der Waals surface area contributed by atoms with Crippen LogP contribution in [0.3, 0.4) is 0 Å². The molecule has 0 N–H and O–H groups in total. The maximum absolute atomic E-state index is 13.0. The van der Waals surface area contributed by atoms with E-state index in [1.165, 1.54) is 5.69 Å². The molecule has 3 aliphatic heterocycles. The third kappa shape index (κ3) is 5.34. The van der Waals surface area contributed by atoms with Gasteiger partial charge in [0.25, 0.3) is 5.91 Å². The number of hydrogen-bond acceptors (Lipinski definition) is 5. The summed E-state index contributed by atoms with van der Waals surface area (Å²) in [5, 5.41) is 0. The summed E-state index contributed by atoms with van der Waals surface area (Å²) in [6, 6.07) is 8.91. The predicted octanol–water partition coefficient (Wildman–Crippen LogP) is 2.40. The zero-order valence-corrected chi connectivity index (χ0v) is 18.8. The fourth-order valence-corrected chi connectivity index (χ4v) is 4.96. The predicted molar refractivity (Wildman–Crippen MR) is 121 cm³/mol. The molecule has 0 aromatic heterocycles. The third-order valence-corrected chi connectivity index (χ3v) is 7.05. The Morgan fingerprint density at radius 3 is 2.17 bits per heavy atom. The Balaban J connectivity index is 1.25. The van der Waals surface area contributed by atoms with Gasteiger partial charge in [0.2, 0.25) is 0 Å². The molecule has 0 unspecified atom stereocenters. The average molecular weight is 415 g/mol. The van der Waals surface area contributed by atoms with Crippen molar-refractivity contribution in [3.05, 3.63) is 29.8 Å². The Morgan fingerprint density at radius 1 is 0.933 bits per heavy atom. The largest absolute Gasteiger partial charge is 0.379 e. The van der Waals surface area contributed by atoms with Crippen LogP contribution >= 0.6 is 0 Å². The Hall–Kier alpha value is -1.63. The molecule has 3 saturated heterocycles. The molecule has 0 aliphatic carbocycles. The van der Waals surface area contributed by atoms with Gasteiger partial charge in [0, 0.05) is 76.2 Å². The highest BCUT2D eigenvalue weighted by Gasteiger charge is 2.26. The van der Waals surface area contributed by atoms with Gasteiger partial charge in [-0.05, 0) is 56.9 Å². The number of rotatable bonds is 5. The van der Waals surface area contributed by atoms with E-state index < -0.39 is 0 Å². The van der Waals surface area contributed by atoms with E-state index in [9.17, 15) is 4.79 Å². The van der Waals surface area contributed by atoms with Crippen molar-refractivity contribution in [2.24, 2.45) is 5.92 Å². The van der Waals surface area contributed by atoms with Gasteiger partial charge in [-0.15, -0.1) is 0 Å². The molecule has 1 aromatic carbocycles. The number of piperazine rings is 1. The molecule has 0 radical (unpaired) electrons. The van der Waals surface area contributed by atoms with Gasteiger partial charge in [0.1, 0.15) is 0 Å². The molecule has 3 aliphatic rings. The average Bonchev–Trinajstić information content (AvgIpc) is 2.80. The minimum absolute atomic E-state index is 0.191. The molecule has 0 bridgehead atoms. The van der Waals surface area contributed by atoms with Crippen molar-refractivity contribution in [3.8, 4) is 0 Å². The second kappa shape index (κ2) is 10.1. The second-order valence-corrected chi connectivity index (χ2v) is 9.31. The van der Waals surface area contributed by atoms with Crippen LogP contribution in [0.15, 0.2) is 24.3 Å². The fraction of sp³-hybridized carbons (Fsp3) is 0.708. The number of hydrogen-bond donors (Lipinski definition) is 0. The summed E-state index contributed by atoms with van der Waals surface area (Å²) in [4.78, 5) is 22.5. The van der Waals surface area contributed by atoms with Crippen LogP contribution < -0.4 is 4.90 Å². The molecule has 166 valence electrons. The molecular weight excluding hydrogens is 376 g/mol. The maximum atomic E-state index is 13.0. The monoisotopic (exact) mass is 414 g/mol. The zero-order chi connectivity index (χ0) is 20.9. The van der Waals surface area contributed by atoms with Crippen LogP contribution in [0.2, 0.25) is 0 Å². The zero-order valence-electron chi connectivity index (χ0n) is 18.8. The fourth-order valence-electron chi connectivity index (χ4n) is 4.96. The van der Waals surface area contributed by atoms with Gasteiger partial charge < -0.3 is 14.5 Å². The van der Waals surface area contributed by atoms with Crippen molar-refractivity contribution >= 4 is 11.6 Å². The minimum atomic E-state index is 0.191. The molecule has 0 saturated carbocycles.